The Morgan fingerprint density at radius 3 is 2.68 bits per heavy atom. The Labute approximate surface area is 145 Å². The van der Waals surface area contributed by atoms with Crippen LogP contribution in [0, 0.1) is 19.7 Å². The fourth-order valence-electron chi connectivity index (χ4n) is 2.41. The number of aryl methyl sites for hydroxylation is 2. The number of ether oxygens (including phenoxy) is 1. The molecule has 0 aliphatic rings. The van der Waals surface area contributed by atoms with Crippen LogP contribution in [-0.4, -0.2) is 32.9 Å². The molecule has 130 valence electrons. The first kappa shape index (κ1) is 16.9. The van der Waals surface area contributed by atoms with Gasteiger partial charge in [-0.15, -0.1) is 0 Å². The first-order valence-electron chi connectivity index (χ1n) is 8.10. The number of nitrogens with one attached hydrogen (secondary N) is 1. The highest BCUT2D eigenvalue weighted by atomic mass is 19.1. The van der Waals surface area contributed by atoms with Crippen molar-refractivity contribution in [2.75, 3.05) is 18.5 Å². The van der Waals surface area contributed by atoms with Crippen LogP contribution in [0.4, 0.5) is 10.2 Å². The van der Waals surface area contributed by atoms with Crippen LogP contribution < -0.4 is 10.1 Å². The van der Waals surface area contributed by atoms with E-state index >= 15 is 0 Å². The topological polar surface area (TPSA) is 64.9 Å². The van der Waals surface area contributed by atoms with Crippen LogP contribution in [0.1, 0.15) is 17.8 Å². The van der Waals surface area contributed by atoms with Crippen LogP contribution in [0.5, 0.6) is 5.75 Å². The molecule has 0 spiro atoms. The van der Waals surface area contributed by atoms with Gasteiger partial charge in [0.15, 0.2) is 5.82 Å². The van der Waals surface area contributed by atoms with E-state index in [1.165, 1.54) is 12.1 Å². The standard InChI is InChI=1S/C18H20FN5O/c1-13-10-14(2)24(23-13)18-12-20-11-17(22-18)21-8-3-9-25-16-6-4-15(19)5-7-16/h4-7,10-12H,3,8-9H2,1-2H3,(H,21,22). The van der Waals surface area contributed by atoms with Crippen LogP contribution in [-0.2, 0) is 0 Å². The number of rotatable bonds is 7. The maximum Gasteiger partial charge on any atom is 0.174 e. The molecule has 7 heteroatoms. The van der Waals surface area contributed by atoms with Crippen LogP contribution in [0.3, 0.4) is 0 Å². The van der Waals surface area contributed by atoms with E-state index in [9.17, 15) is 4.39 Å². The van der Waals surface area contributed by atoms with E-state index in [1.807, 2.05) is 19.9 Å². The van der Waals surface area contributed by atoms with Crippen LogP contribution in [0.2, 0.25) is 0 Å². The van der Waals surface area contributed by atoms with E-state index in [1.54, 1.807) is 29.2 Å². The van der Waals surface area contributed by atoms with Gasteiger partial charge >= 0.3 is 0 Å². The fourth-order valence-corrected chi connectivity index (χ4v) is 2.41. The lowest BCUT2D eigenvalue weighted by molar-refractivity contribution is 0.314. The molecule has 1 N–H and O–H groups in total. The Hall–Kier alpha value is -2.96. The molecule has 0 saturated carbocycles. The van der Waals surface area contributed by atoms with Gasteiger partial charge in [-0.05, 0) is 50.6 Å². The third-order valence-electron chi connectivity index (χ3n) is 3.56. The van der Waals surface area contributed by atoms with Crippen LogP contribution in [0.25, 0.3) is 5.82 Å². The summed E-state index contributed by atoms with van der Waals surface area (Å²) in [5.74, 6) is 1.76. The van der Waals surface area contributed by atoms with Crippen molar-refractivity contribution in [2.24, 2.45) is 0 Å². The first-order chi connectivity index (χ1) is 12.1. The van der Waals surface area contributed by atoms with Gasteiger partial charge in [0, 0.05) is 12.2 Å². The zero-order valence-corrected chi connectivity index (χ0v) is 14.2. The molecule has 0 fully saturated rings. The molecule has 0 amide bonds. The van der Waals surface area contributed by atoms with E-state index in [2.05, 4.69) is 20.4 Å². The zero-order chi connectivity index (χ0) is 17.6. The monoisotopic (exact) mass is 341 g/mol. The third kappa shape index (κ3) is 4.53. The summed E-state index contributed by atoms with van der Waals surface area (Å²) in [5, 5.41) is 7.63. The van der Waals surface area contributed by atoms with Gasteiger partial charge in [0.25, 0.3) is 0 Å². The second-order valence-corrected chi connectivity index (χ2v) is 5.68. The lowest BCUT2D eigenvalue weighted by atomic mass is 10.3. The molecule has 0 radical (unpaired) electrons. The maximum absolute atomic E-state index is 12.8. The predicted molar refractivity (Wildman–Crippen MR) is 93.6 cm³/mol. The summed E-state index contributed by atoms with van der Waals surface area (Å²) in [6.45, 7) is 5.15. The minimum atomic E-state index is -0.268. The van der Waals surface area contributed by atoms with Gasteiger partial charge in [-0.1, -0.05) is 0 Å². The van der Waals surface area contributed by atoms with Crippen molar-refractivity contribution >= 4 is 5.82 Å². The number of nitrogens with zero attached hydrogens (tertiary/aromatic N) is 4. The highest BCUT2D eigenvalue weighted by Crippen LogP contribution is 2.12. The van der Waals surface area contributed by atoms with Crippen molar-refractivity contribution in [3.63, 3.8) is 0 Å². The van der Waals surface area contributed by atoms with E-state index < -0.39 is 0 Å². The van der Waals surface area contributed by atoms with Gasteiger partial charge in [0.05, 0.1) is 24.7 Å². The smallest absolute Gasteiger partial charge is 0.174 e. The number of halogens is 1. The van der Waals surface area contributed by atoms with Crippen LogP contribution >= 0.6 is 0 Å². The molecule has 3 rings (SSSR count). The molecule has 0 atom stereocenters. The van der Waals surface area contributed by atoms with Crippen molar-refractivity contribution in [3.05, 3.63) is 59.9 Å². The highest BCUT2D eigenvalue weighted by Gasteiger charge is 2.06. The number of hydrogen-bond donors (Lipinski definition) is 1. The third-order valence-corrected chi connectivity index (χ3v) is 3.56. The molecule has 2 heterocycles. The van der Waals surface area contributed by atoms with Gasteiger partial charge in [-0.2, -0.15) is 5.10 Å². The molecule has 2 aromatic heterocycles. The molecule has 0 saturated heterocycles. The first-order valence-corrected chi connectivity index (χ1v) is 8.10. The average molecular weight is 341 g/mol. The van der Waals surface area contributed by atoms with Crippen molar-refractivity contribution in [2.45, 2.75) is 20.3 Å². The molecule has 0 bridgehead atoms. The van der Waals surface area contributed by atoms with Crippen molar-refractivity contribution < 1.29 is 9.13 Å². The van der Waals surface area contributed by atoms with Gasteiger partial charge in [-0.3, -0.25) is 4.98 Å². The van der Waals surface area contributed by atoms with Crippen LogP contribution in [0.15, 0.2) is 42.7 Å². The summed E-state index contributed by atoms with van der Waals surface area (Å²) < 4.78 is 20.1. The Kier molecular flexibility index (Phi) is 5.23. The summed E-state index contributed by atoms with van der Waals surface area (Å²) >= 11 is 0. The van der Waals surface area contributed by atoms with Gasteiger partial charge in [0.1, 0.15) is 17.4 Å². The van der Waals surface area contributed by atoms with Gasteiger partial charge in [-0.25, -0.2) is 14.1 Å². The zero-order valence-electron chi connectivity index (χ0n) is 14.2. The molecule has 3 aromatic rings. The number of aromatic nitrogens is 4. The molecule has 0 aliphatic heterocycles. The average Bonchev–Trinajstić information content (AvgIpc) is 2.95. The number of hydrogen-bond acceptors (Lipinski definition) is 5. The largest absolute Gasteiger partial charge is 0.494 e. The summed E-state index contributed by atoms with van der Waals surface area (Å²) in [5.41, 5.74) is 1.95. The van der Waals surface area contributed by atoms with E-state index in [4.69, 9.17) is 4.74 Å². The molecular formula is C18H20FN5O. The summed E-state index contributed by atoms with van der Waals surface area (Å²) in [6, 6.07) is 7.99. The SMILES string of the molecule is Cc1cc(C)n(-c2cncc(NCCCOc3ccc(F)cc3)n2)n1. The fraction of sp³-hybridized carbons (Fsp3) is 0.278. The lowest BCUT2D eigenvalue weighted by Crippen LogP contribution is -2.10. The Morgan fingerprint density at radius 1 is 1.16 bits per heavy atom. The maximum atomic E-state index is 12.8. The van der Waals surface area contributed by atoms with E-state index in [-0.39, 0.29) is 5.82 Å². The predicted octanol–water partition coefficient (Wildman–Crippen LogP) is 3.30. The second-order valence-electron chi connectivity index (χ2n) is 5.68. The molecule has 6 nitrogen and oxygen atoms in total. The van der Waals surface area contributed by atoms with Crippen molar-refractivity contribution in [3.8, 4) is 11.6 Å². The van der Waals surface area contributed by atoms with Crippen molar-refractivity contribution in [1.82, 2.24) is 19.7 Å². The number of benzene rings is 1. The van der Waals surface area contributed by atoms with E-state index in [0.29, 0.717) is 30.5 Å². The molecular weight excluding hydrogens is 321 g/mol. The quantitative estimate of drug-likeness (QED) is 0.668. The number of anilines is 1. The normalized spacial score (nSPS) is 10.7. The molecule has 25 heavy (non-hydrogen) atoms. The minimum absolute atomic E-state index is 0.268. The van der Waals surface area contributed by atoms with Gasteiger partial charge in [0.2, 0.25) is 0 Å². The molecule has 1 aromatic carbocycles. The lowest BCUT2D eigenvalue weighted by Gasteiger charge is -2.09. The molecule has 0 aliphatic carbocycles. The minimum Gasteiger partial charge on any atom is -0.494 e. The summed E-state index contributed by atoms with van der Waals surface area (Å²) in [6.07, 6.45) is 4.14. The Balaban J connectivity index is 1.49. The highest BCUT2D eigenvalue weighted by molar-refractivity contribution is 5.36. The van der Waals surface area contributed by atoms with Crippen molar-refractivity contribution in [1.29, 1.82) is 0 Å². The Bertz CT molecular complexity index is 832. The van der Waals surface area contributed by atoms with E-state index in [0.717, 1.165) is 17.8 Å². The van der Waals surface area contributed by atoms with Gasteiger partial charge < -0.3 is 10.1 Å². The molecule has 0 unspecified atom stereocenters. The Morgan fingerprint density at radius 2 is 1.96 bits per heavy atom. The summed E-state index contributed by atoms with van der Waals surface area (Å²) in [4.78, 5) is 8.74. The summed E-state index contributed by atoms with van der Waals surface area (Å²) in [7, 11) is 0. The second kappa shape index (κ2) is 7.74.